The van der Waals surface area contributed by atoms with Crippen LogP contribution in [-0.2, 0) is 6.54 Å². The summed E-state index contributed by atoms with van der Waals surface area (Å²) >= 11 is 1.85. The van der Waals surface area contributed by atoms with E-state index in [2.05, 4.69) is 42.9 Å². The molecule has 0 saturated carbocycles. The molecule has 1 fully saturated rings. The lowest BCUT2D eigenvalue weighted by molar-refractivity contribution is 0.325. The molecule has 2 rings (SSSR count). The summed E-state index contributed by atoms with van der Waals surface area (Å²) in [5, 5.41) is 4.71. The maximum atomic E-state index is 4.63. The van der Waals surface area contributed by atoms with E-state index in [0.29, 0.717) is 11.3 Å². The first-order valence-electron chi connectivity index (χ1n) is 7.87. The Hall–Kier alpha value is -0.610. The van der Waals surface area contributed by atoms with Gasteiger partial charge < -0.3 is 10.2 Å². The van der Waals surface area contributed by atoms with Crippen molar-refractivity contribution in [2.24, 2.45) is 11.3 Å². The van der Waals surface area contributed by atoms with E-state index in [4.69, 9.17) is 0 Å². The zero-order chi connectivity index (χ0) is 14.6. The maximum absolute atomic E-state index is 4.63. The highest BCUT2D eigenvalue weighted by Gasteiger charge is 2.24. The fourth-order valence-corrected chi connectivity index (χ4v) is 3.55. The normalized spacial score (nSPS) is 19.4. The van der Waals surface area contributed by atoms with Crippen LogP contribution < -0.4 is 10.2 Å². The smallest absolute Gasteiger partial charge is 0.185 e. The van der Waals surface area contributed by atoms with Crippen molar-refractivity contribution < 1.29 is 0 Å². The third-order valence-electron chi connectivity index (χ3n) is 4.00. The topological polar surface area (TPSA) is 28.2 Å². The van der Waals surface area contributed by atoms with E-state index in [0.717, 1.165) is 26.2 Å². The second kappa shape index (κ2) is 6.90. The highest BCUT2D eigenvalue weighted by Crippen LogP contribution is 2.32. The standard InChI is InChI=1S/C16H29N3S/c1-13(2)10-17-11-14-12-18-15(20-14)19-8-5-6-16(3,4)7-9-19/h12-13,17H,5-11H2,1-4H3. The molecule has 1 aliphatic heterocycles. The highest BCUT2D eigenvalue weighted by molar-refractivity contribution is 7.15. The summed E-state index contributed by atoms with van der Waals surface area (Å²) in [6.45, 7) is 13.6. The molecule has 1 aromatic rings. The zero-order valence-corrected chi connectivity index (χ0v) is 14.2. The van der Waals surface area contributed by atoms with Crippen LogP contribution in [-0.4, -0.2) is 24.6 Å². The van der Waals surface area contributed by atoms with Gasteiger partial charge in [0.2, 0.25) is 0 Å². The van der Waals surface area contributed by atoms with E-state index >= 15 is 0 Å². The second-order valence-electron chi connectivity index (χ2n) is 7.14. The van der Waals surface area contributed by atoms with E-state index in [-0.39, 0.29) is 0 Å². The molecule has 20 heavy (non-hydrogen) atoms. The first kappa shape index (κ1) is 15.8. The molecule has 114 valence electrons. The molecule has 1 aliphatic rings. The van der Waals surface area contributed by atoms with Gasteiger partial charge in [0, 0.05) is 30.7 Å². The molecule has 1 aromatic heterocycles. The average Bonchev–Trinajstić information content (AvgIpc) is 2.74. The van der Waals surface area contributed by atoms with Gasteiger partial charge in [0.1, 0.15) is 0 Å². The molecule has 2 heterocycles. The van der Waals surface area contributed by atoms with Crippen LogP contribution in [0.25, 0.3) is 0 Å². The van der Waals surface area contributed by atoms with Gasteiger partial charge in [-0.1, -0.05) is 27.7 Å². The minimum atomic E-state index is 0.494. The fourth-order valence-electron chi connectivity index (χ4n) is 2.62. The molecular formula is C16H29N3S. The molecule has 4 heteroatoms. The number of anilines is 1. The molecule has 1 N–H and O–H groups in total. The molecule has 0 amide bonds. The quantitative estimate of drug-likeness (QED) is 0.893. The first-order chi connectivity index (χ1) is 9.46. The number of aromatic nitrogens is 1. The lowest BCUT2D eigenvalue weighted by atomic mass is 9.85. The molecule has 0 aromatic carbocycles. The molecule has 3 nitrogen and oxygen atoms in total. The Balaban J connectivity index is 1.88. The number of thiazole rings is 1. The summed E-state index contributed by atoms with van der Waals surface area (Å²) in [6.07, 6.45) is 5.93. The largest absolute Gasteiger partial charge is 0.348 e. The predicted molar refractivity (Wildman–Crippen MR) is 88.5 cm³/mol. The SMILES string of the molecule is CC(C)CNCc1cnc(N2CCCC(C)(C)CC2)s1. The second-order valence-corrected chi connectivity index (χ2v) is 8.23. The van der Waals surface area contributed by atoms with Crippen LogP contribution in [0.1, 0.15) is 51.8 Å². The maximum Gasteiger partial charge on any atom is 0.185 e. The van der Waals surface area contributed by atoms with Gasteiger partial charge in [0.15, 0.2) is 5.13 Å². The van der Waals surface area contributed by atoms with E-state index in [1.807, 2.05) is 17.5 Å². The Labute approximate surface area is 127 Å². The summed E-state index contributed by atoms with van der Waals surface area (Å²) < 4.78 is 0. The van der Waals surface area contributed by atoms with Gasteiger partial charge in [-0.3, -0.25) is 0 Å². The van der Waals surface area contributed by atoms with Crippen molar-refractivity contribution in [3.05, 3.63) is 11.1 Å². The van der Waals surface area contributed by atoms with Crippen LogP contribution in [0, 0.1) is 11.3 Å². The number of hydrogen-bond donors (Lipinski definition) is 1. The third kappa shape index (κ3) is 4.74. The van der Waals surface area contributed by atoms with Crippen molar-refractivity contribution >= 4 is 16.5 Å². The molecular weight excluding hydrogens is 266 g/mol. The lowest BCUT2D eigenvalue weighted by Crippen LogP contribution is -2.24. The molecule has 0 atom stereocenters. The summed E-state index contributed by atoms with van der Waals surface area (Å²) in [6, 6.07) is 0. The van der Waals surface area contributed by atoms with E-state index < -0.39 is 0 Å². The van der Waals surface area contributed by atoms with Gasteiger partial charge in [-0.15, -0.1) is 11.3 Å². The van der Waals surface area contributed by atoms with Gasteiger partial charge in [-0.2, -0.15) is 0 Å². The van der Waals surface area contributed by atoms with Crippen molar-refractivity contribution in [2.75, 3.05) is 24.5 Å². The minimum Gasteiger partial charge on any atom is -0.348 e. The van der Waals surface area contributed by atoms with Gasteiger partial charge in [-0.25, -0.2) is 4.98 Å². The summed E-state index contributed by atoms with van der Waals surface area (Å²) in [5.74, 6) is 0.704. The molecule has 1 saturated heterocycles. The Morgan fingerprint density at radius 1 is 1.35 bits per heavy atom. The summed E-state index contributed by atoms with van der Waals surface area (Å²) in [5.41, 5.74) is 0.494. The number of nitrogens with one attached hydrogen (secondary N) is 1. The van der Waals surface area contributed by atoms with E-state index in [9.17, 15) is 0 Å². The molecule has 0 unspecified atom stereocenters. The van der Waals surface area contributed by atoms with Crippen molar-refractivity contribution in [3.8, 4) is 0 Å². The van der Waals surface area contributed by atoms with Crippen molar-refractivity contribution in [1.29, 1.82) is 0 Å². The number of nitrogens with zero attached hydrogens (tertiary/aromatic N) is 2. The molecule has 0 spiro atoms. The Kier molecular flexibility index (Phi) is 5.44. The van der Waals surface area contributed by atoms with E-state index in [1.165, 1.54) is 29.3 Å². The minimum absolute atomic E-state index is 0.494. The summed E-state index contributed by atoms with van der Waals surface area (Å²) in [4.78, 5) is 8.46. The zero-order valence-electron chi connectivity index (χ0n) is 13.4. The summed E-state index contributed by atoms with van der Waals surface area (Å²) in [7, 11) is 0. The molecule has 0 radical (unpaired) electrons. The van der Waals surface area contributed by atoms with Crippen molar-refractivity contribution in [1.82, 2.24) is 10.3 Å². The first-order valence-corrected chi connectivity index (χ1v) is 8.68. The van der Waals surface area contributed by atoms with Crippen LogP contribution >= 0.6 is 11.3 Å². The van der Waals surface area contributed by atoms with Gasteiger partial charge in [0.25, 0.3) is 0 Å². The Morgan fingerprint density at radius 2 is 2.15 bits per heavy atom. The van der Waals surface area contributed by atoms with Crippen molar-refractivity contribution in [3.63, 3.8) is 0 Å². The van der Waals surface area contributed by atoms with Gasteiger partial charge >= 0.3 is 0 Å². The van der Waals surface area contributed by atoms with E-state index in [1.54, 1.807) is 0 Å². The van der Waals surface area contributed by atoms with Crippen LogP contribution in [0.15, 0.2) is 6.20 Å². The third-order valence-corrected chi connectivity index (χ3v) is 5.06. The average molecular weight is 295 g/mol. The number of hydrogen-bond acceptors (Lipinski definition) is 4. The predicted octanol–water partition coefficient (Wildman–Crippen LogP) is 3.91. The Bertz CT molecular complexity index is 412. The highest BCUT2D eigenvalue weighted by atomic mass is 32.1. The van der Waals surface area contributed by atoms with Crippen LogP contribution in [0.3, 0.4) is 0 Å². The van der Waals surface area contributed by atoms with Crippen LogP contribution in [0.4, 0.5) is 5.13 Å². The Morgan fingerprint density at radius 3 is 2.90 bits per heavy atom. The molecule has 0 bridgehead atoms. The number of rotatable bonds is 5. The molecule has 0 aliphatic carbocycles. The van der Waals surface area contributed by atoms with Gasteiger partial charge in [-0.05, 0) is 37.1 Å². The van der Waals surface area contributed by atoms with Crippen molar-refractivity contribution in [2.45, 2.75) is 53.5 Å². The fraction of sp³-hybridized carbons (Fsp3) is 0.812. The van der Waals surface area contributed by atoms with Crippen LogP contribution in [0.2, 0.25) is 0 Å². The van der Waals surface area contributed by atoms with Crippen LogP contribution in [0.5, 0.6) is 0 Å². The van der Waals surface area contributed by atoms with Gasteiger partial charge in [0.05, 0.1) is 0 Å². The lowest BCUT2D eigenvalue weighted by Gasteiger charge is -2.22. The monoisotopic (exact) mass is 295 g/mol.